The normalized spacial score (nSPS) is 13.7. The molecule has 0 spiro atoms. The first kappa shape index (κ1) is 37.5. The Morgan fingerprint density at radius 3 is 1.48 bits per heavy atom. The van der Waals surface area contributed by atoms with E-state index in [9.17, 15) is 0 Å². The smallest absolute Gasteiger partial charge is 0.179 e. The van der Waals surface area contributed by atoms with Gasteiger partial charge in [-0.25, -0.2) is 0 Å². The number of benzene rings is 9. The Labute approximate surface area is 370 Å². The van der Waals surface area contributed by atoms with E-state index in [1.165, 1.54) is 119 Å². The lowest BCUT2D eigenvalue weighted by Crippen LogP contribution is -2.74. The van der Waals surface area contributed by atoms with Crippen LogP contribution in [-0.2, 0) is 0 Å². The minimum absolute atomic E-state index is 0.627. The molecule has 63 heavy (non-hydrogen) atoms. The van der Waals surface area contributed by atoms with E-state index < -0.39 is 8.07 Å². The van der Waals surface area contributed by atoms with Crippen LogP contribution in [0.1, 0.15) is 43.6 Å². The predicted molar refractivity (Wildman–Crippen MR) is 270 cm³/mol. The van der Waals surface area contributed by atoms with E-state index in [0.717, 1.165) is 5.69 Å². The van der Waals surface area contributed by atoms with Crippen LogP contribution >= 0.6 is 0 Å². The number of hydrogen-bond acceptors (Lipinski definition) is 0. The second-order valence-corrected chi connectivity index (χ2v) is 21.3. The van der Waals surface area contributed by atoms with Gasteiger partial charge in [0.1, 0.15) is 0 Å². The Bertz CT molecular complexity index is 3360. The summed E-state index contributed by atoms with van der Waals surface area (Å²) in [6, 6.07) is 84.3. The summed E-state index contributed by atoms with van der Waals surface area (Å²) in [5.41, 5.74) is 11.4. The Hall–Kier alpha value is -7.20. The van der Waals surface area contributed by atoms with E-state index in [1.54, 1.807) is 0 Å². The molecular weight excluding hydrogens is 777 g/mol. The lowest BCUT2D eigenvalue weighted by Gasteiger charge is -2.34. The van der Waals surface area contributed by atoms with Gasteiger partial charge in [0, 0.05) is 32.9 Å². The summed E-state index contributed by atoms with van der Waals surface area (Å²) in [6.07, 6.45) is 6.59. The van der Waals surface area contributed by atoms with Crippen LogP contribution in [0.2, 0.25) is 0 Å². The highest BCUT2D eigenvalue weighted by Gasteiger charge is 2.41. The van der Waals surface area contributed by atoms with E-state index in [0.29, 0.717) is 5.92 Å². The van der Waals surface area contributed by atoms with E-state index in [2.05, 4.69) is 234 Å². The van der Waals surface area contributed by atoms with Gasteiger partial charge in [0.05, 0.1) is 22.1 Å². The van der Waals surface area contributed by atoms with Crippen LogP contribution in [0.3, 0.4) is 0 Å². The number of rotatable bonds is 8. The van der Waals surface area contributed by atoms with Gasteiger partial charge in [0.2, 0.25) is 0 Å². The van der Waals surface area contributed by atoms with Gasteiger partial charge >= 0.3 is 0 Å². The monoisotopic (exact) mass is 824 g/mol. The zero-order chi connectivity index (χ0) is 41.7. The zero-order valence-corrected chi connectivity index (χ0v) is 36.4. The van der Waals surface area contributed by atoms with E-state index >= 15 is 0 Å². The van der Waals surface area contributed by atoms with Gasteiger partial charge < -0.3 is 9.13 Å². The van der Waals surface area contributed by atoms with E-state index in [1.807, 2.05) is 0 Å². The van der Waals surface area contributed by atoms with E-state index in [-0.39, 0.29) is 0 Å². The van der Waals surface area contributed by atoms with Crippen LogP contribution < -0.4 is 20.7 Å². The fourth-order valence-electron chi connectivity index (χ4n) is 11.2. The van der Waals surface area contributed by atoms with Crippen LogP contribution in [0.15, 0.2) is 224 Å². The molecule has 9 aromatic carbocycles. The summed E-state index contributed by atoms with van der Waals surface area (Å²) in [5.74, 6) is 0.627. The van der Waals surface area contributed by atoms with Gasteiger partial charge in [-0.05, 0) is 105 Å². The summed E-state index contributed by atoms with van der Waals surface area (Å²) >= 11 is 0. The molecule has 1 fully saturated rings. The minimum atomic E-state index is -2.75. The van der Waals surface area contributed by atoms with Crippen molar-refractivity contribution in [2.24, 2.45) is 0 Å². The van der Waals surface area contributed by atoms with Gasteiger partial charge in [0.25, 0.3) is 0 Å². The number of nitrogens with zero attached hydrogens (tertiary/aromatic N) is 2. The summed E-state index contributed by atoms with van der Waals surface area (Å²) in [6.45, 7) is 0. The molecule has 0 N–H and O–H groups in total. The summed E-state index contributed by atoms with van der Waals surface area (Å²) in [4.78, 5) is 0. The molecule has 1 aliphatic rings. The lowest BCUT2D eigenvalue weighted by atomic mass is 9.82. The second-order valence-electron chi connectivity index (χ2n) is 17.5. The molecule has 2 nitrogen and oxygen atoms in total. The first-order valence-corrected chi connectivity index (χ1v) is 24.7. The fourth-order valence-corrected chi connectivity index (χ4v) is 16.0. The lowest BCUT2D eigenvalue weighted by molar-refractivity contribution is 0.445. The molecular formula is C60H48N2Si. The third-order valence-electron chi connectivity index (χ3n) is 14.1. The maximum Gasteiger partial charge on any atom is 0.179 e. The molecule has 3 heteroatoms. The largest absolute Gasteiger partial charge is 0.309 e. The van der Waals surface area contributed by atoms with Crippen molar-refractivity contribution in [3.8, 4) is 22.5 Å². The number of fused-ring (bicyclic) bond motifs is 6. The molecule has 11 aromatic rings. The van der Waals surface area contributed by atoms with Crippen molar-refractivity contribution in [2.45, 2.75) is 38.0 Å². The average Bonchev–Trinajstić information content (AvgIpc) is 3.89. The van der Waals surface area contributed by atoms with Crippen molar-refractivity contribution in [2.75, 3.05) is 0 Å². The standard InChI is InChI=1S/C60H48N2Si/c1-5-18-43(19-6-1)44-32-37-50(38-33-44)63(48-22-9-3-10-23-48,49-24-11-4-12-25-49)51-39-34-46(35-40-51)61-56-29-15-13-26-53(56)55-42-47(36-41-58(55)61)62-57-30-16-14-27-54(57)60-52(28-17-31-59(60)62)45-20-7-2-8-21-45/h1,3-6,9-19,22-42,45H,2,7-8,20-21H2. The molecule has 1 aliphatic carbocycles. The average molecular weight is 825 g/mol. The first-order chi connectivity index (χ1) is 31.3. The van der Waals surface area contributed by atoms with Crippen molar-refractivity contribution in [3.05, 3.63) is 230 Å². The van der Waals surface area contributed by atoms with Crippen molar-refractivity contribution < 1.29 is 0 Å². The van der Waals surface area contributed by atoms with Crippen molar-refractivity contribution in [1.82, 2.24) is 9.13 Å². The molecule has 0 aliphatic heterocycles. The molecule has 0 atom stereocenters. The summed E-state index contributed by atoms with van der Waals surface area (Å²) < 4.78 is 4.98. The van der Waals surface area contributed by atoms with E-state index in [4.69, 9.17) is 0 Å². The summed E-state index contributed by atoms with van der Waals surface area (Å²) in [5, 5.41) is 10.8. The van der Waals surface area contributed by atoms with Crippen LogP contribution in [0.5, 0.6) is 0 Å². The summed E-state index contributed by atoms with van der Waals surface area (Å²) in [7, 11) is -2.75. The highest BCUT2D eigenvalue weighted by Crippen LogP contribution is 2.42. The minimum Gasteiger partial charge on any atom is -0.309 e. The Balaban J connectivity index is 1.02. The quantitative estimate of drug-likeness (QED) is 0.107. The second kappa shape index (κ2) is 15.6. The highest BCUT2D eigenvalue weighted by atomic mass is 28.3. The third-order valence-corrected chi connectivity index (χ3v) is 18.9. The Morgan fingerprint density at radius 2 is 0.810 bits per heavy atom. The molecule has 0 saturated heterocycles. The topological polar surface area (TPSA) is 9.86 Å². The van der Waals surface area contributed by atoms with Crippen LogP contribution in [0, 0.1) is 0 Å². The van der Waals surface area contributed by atoms with Crippen LogP contribution in [-0.4, -0.2) is 17.2 Å². The molecule has 12 rings (SSSR count). The molecule has 0 bridgehead atoms. The Morgan fingerprint density at radius 1 is 0.333 bits per heavy atom. The van der Waals surface area contributed by atoms with Gasteiger partial charge in [-0.1, -0.05) is 195 Å². The third kappa shape index (κ3) is 6.13. The van der Waals surface area contributed by atoms with Crippen LogP contribution in [0.4, 0.5) is 0 Å². The molecule has 302 valence electrons. The highest BCUT2D eigenvalue weighted by molar-refractivity contribution is 7.19. The predicted octanol–water partition coefficient (Wildman–Crippen LogP) is 13.0. The molecule has 1 saturated carbocycles. The van der Waals surface area contributed by atoms with Crippen molar-refractivity contribution in [1.29, 1.82) is 0 Å². The number of para-hydroxylation sites is 2. The van der Waals surface area contributed by atoms with Crippen molar-refractivity contribution in [3.63, 3.8) is 0 Å². The maximum atomic E-state index is 2.51. The number of hydrogen-bond donors (Lipinski definition) is 0. The van der Waals surface area contributed by atoms with Gasteiger partial charge in [-0.3, -0.25) is 0 Å². The molecule has 0 unspecified atom stereocenters. The molecule has 2 heterocycles. The molecule has 2 aromatic heterocycles. The molecule has 0 radical (unpaired) electrons. The zero-order valence-electron chi connectivity index (χ0n) is 35.4. The first-order valence-electron chi connectivity index (χ1n) is 22.7. The van der Waals surface area contributed by atoms with Crippen LogP contribution in [0.25, 0.3) is 66.1 Å². The van der Waals surface area contributed by atoms with Gasteiger partial charge in [-0.15, -0.1) is 0 Å². The van der Waals surface area contributed by atoms with Crippen molar-refractivity contribution >= 4 is 72.4 Å². The Kier molecular flexibility index (Phi) is 9.30. The molecule has 0 amide bonds. The maximum absolute atomic E-state index is 2.75. The number of aromatic nitrogens is 2. The van der Waals surface area contributed by atoms with Gasteiger partial charge in [0.15, 0.2) is 8.07 Å². The van der Waals surface area contributed by atoms with Gasteiger partial charge in [-0.2, -0.15) is 0 Å². The fraction of sp³-hybridized carbons (Fsp3) is 0.100. The SMILES string of the molecule is c1ccc(-c2ccc([Si](c3ccccc3)(c3ccccc3)c3ccc(-n4c5ccccc5c5cc(-n6c7ccccc7c7c(C8CCCCC8)cccc76)ccc54)cc3)cc2)cc1.